The van der Waals surface area contributed by atoms with Crippen LogP contribution in [0.25, 0.3) is 0 Å². The first-order valence-corrected chi connectivity index (χ1v) is 5.74. The molecule has 0 aliphatic carbocycles. The van der Waals surface area contributed by atoms with Crippen molar-refractivity contribution in [2.24, 2.45) is 0 Å². The molecule has 8 heteroatoms. The lowest BCUT2D eigenvalue weighted by Gasteiger charge is -2.32. The molecule has 1 aliphatic rings. The normalized spacial score (nSPS) is 19.6. The molecule has 0 unspecified atom stereocenters. The first-order chi connectivity index (χ1) is 9.14. The Hall–Kier alpha value is -1.44. The second-order valence-electron chi connectivity index (χ2n) is 4.43. The minimum atomic E-state index is -4.87. The molecule has 2 rings (SSSR count). The Morgan fingerprint density at radius 2 is 1.70 bits per heavy atom. The number of hydrogen-bond acceptors (Lipinski definition) is 2. The molecule has 112 valence electrons. The van der Waals surface area contributed by atoms with Crippen LogP contribution in [-0.4, -0.2) is 13.7 Å². The van der Waals surface area contributed by atoms with E-state index >= 15 is 0 Å². The highest BCUT2D eigenvalue weighted by Crippen LogP contribution is 2.45. The third-order valence-corrected chi connectivity index (χ3v) is 3.17. The Morgan fingerprint density at radius 1 is 1.10 bits per heavy atom. The van der Waals surface area contributed by atoms with Gasteiger partial charge >= 0.3 is 12.4 Å². The fraction of sp³-hybridized carbons (Fsp3) is 0.500. The van der Waals surface area contributed by atoms with Crippen molar-refractivity contribution in [3.63, 3.8) is 0 Å². The number of alkyl halides is 6. The van der Waals surface area contributed by atoms with Gasteiger partial charge in [0.15, 0.2) is 0 Å². The van der Waals surface area contributed by atoms with E-state index in [0.717, 1.165) is 7.11 Å². The van der Waals surface area contributed by atoms with Crippen molar-refractivity contribution in [1.29, 1.82) is 0 Å². The van der Waals surface area contributed by atoms with Crippen molar-refractivity contribution >= 4 is 0 Å². The van der Waals surface area contributed by atoms with Crippen molar-refractivity contribution < 1.29 is 31.1 Å². The largest absolute Gasteiger partial charge is 0.496 e. The van der Waals surface area contributed by atoms with Crippen LogP contribution in [0.4, 0.5) is 26.3 Å². The van der Waals surface area contributed by atoms with E-state index in [2.05, 4.69) is 5.32 Å². The zero-order chi connectivity index (χ0) is 15.1. The molecule has 0 saturated carbocycles. The van der Waals surface area contributed by atoms with Crippen LogP contribution >= 0.6 is 0 Å². The van der Waals surface area contributed by atoms with E-state index in [0.29, 0.717) is 19.0 Å². The molecule has 0 radical (unpaired) electrons. The Morgan fingerprint density at radius 3 is 2.05 bits per heavy atom. The number of hydrogen-bond donors (Lipinski definition) is 1. The summed E-state index contributed by atoms with van der Waals surface area (Å²) >= 11 is 0. The van der Waals surface area contributed by atoms with Crippen LogP contribution in [0.3, 0.4) is 0 Å². The molecular weight excluding hydrogens is 288 g/mol. The summed E-state index contributed by atoms with van der Waals surface area (Å²) in [4.78, 5) is 0. The number of nitrogens with one attached hydrogen (secondary N) is 1. The van der Waals surface area contributed by atoms with Crippen LogP contribution in [0.1, 0.15) is 29.2 Å². The Balaban J connectivity index is 2.65. The van der Waals surface area contributed by atoms with Gasteiger partial charge in [-0.2, -0.15) is 26.3 Å². The first kappa shape index (κ1) is 15.0. The third-order valence-electron chi connectivity index (χ3n) is 3.17. The zero-order valence-electron chi connectivity index (χ0n) is 10.3. The Labute approximate surface area is 110 Å². The van der Waals surface area contributed by atoms with E-state index in [1.165, 1.54) is 0 Å². The average Bonchev–Trinajstić information content (AvgIpc) is 2.23. The SMILES string of the molecule is COc1cc(C(F)(F)F)cc(C(F)(F)F)c1[C@H]1CCN1. The minimum absolute atomic E-state index is 0.137. The molecular formula is C12H11F6NO. The summed E-state index contributed by atoms with van der Waals surface area (Å²) in [7, 11) is 1.05. The summed E-state index contributed by atoms with van der Waals surface area (Å²) in [5.41, 5.74) is -2.94. The van der Waals surface area contributed by atoms with E-state index < -0.39 is 35.3 Å². The van der Waals surface area contributed by atoms with E-state index in [-0.39, 0.29) is 11.6 Å². The molecule has 0 amide bonds. The summed E-state index contributed by atoms with van der Waals surface area (Å²) in [6.45, 7) is 0.520. The quantitative estimate of drug-likeness (QED) is 0.839. The van der Waals surface area contributed by atoms with Gasteiger partial charge < -0.3 is 10.1 Å². The number of rotatable bonds is 2. The molecule has 1 aromatic carbocycles. The molecule has 0 bridgehead atoms. The van der Waals surface area contributed by atoms with Gasteiger partial charge in [0.05, 0.1) is 18.2 Å². The molecule has 0 aromatic heterocycles. The molecule has 1 heterocycles. The molecule has 1 aromatic rings. The van der Waals surface area contributed by atoms with E-state index in [9.17, 15) is 26.3 Å². The Bertz CT molecular complexity index is 504. The first-order valence-electron chi connectivity index (χ1n) is 5.74. The highest BCUT2D eigenvalue weighted by atomic mass is 19.4. The predicted molar refractivity (Wildman–Crippen MR) is 58.4 cm³/mol. The summed E-state index contributed by atoms with van der Waals surface area (Å²) in [5, 5.41) is 2.75. The maximum Gasteiger partial charge on any atom is 0.416 e. The third kappa shape index (κ3) is 2.70. The highest BCUT2D eigenvalue weighted by molar-refractivity contribution is 5.48. The van der Waals surface area contributed by atoms with Crippen molar-refractivity contribution in [1.82, 2.24) is 5.32 Å². The highest BCUT2D eigenvalue weighted by Gasteiger charge is 2.42. The van der Waals surface area contributed by atoms with Gasteiger partial charge in [-0.1, -0.05) is 0 Å². The number of halogens is 6. The van der Waals surface area contributed by atoms with Crippen molar-refractivity contribution in [2.45, 2.75) is 24.8 Å². The zero-order valence-corrected chi connectivity index (χ0v) is 10.3. The molecule has 2 nitrogen and oxygen atoms in total. The lowest BCUT2D eigenvalue weighted by atomic mass is 9.90. The van der Waals surface area contributed by atoms with Crippen LogP contribution in [0.5, 0.6) is 5.75 Å². The smallest absolute Gasteiger partial charge is 0.416 e. The molecule has 1 saturated heterocycles. The van der Waals surface area contributed by atoms with Gasteiger partial charge in [0.25, 0.3) is 0 Å². The van der Waals surface area contributed by atoms with Gasteiger partial charge in [0.1, 0.15) is 5.75 Å². The van der Waals surface area contributed by atoms with Gasteiger partial charge in [0, 0.05) is 11.6 Å². The standard InChI is InChI=1S/C12H11F6NO/c1-20-9-5-6(11(13,14)15)4-7(12(16,17)18)10(9)8-2-3-19-8/h4-5,8,19H,2-3H2,1H3/t8-/m1/s1. The topological polar surface area (TPSA) is 21.3 Å². The summed E-state index contributed by atoms with van der Waals surface area (Å²) in [6.07, 6.45) is -9.31. The molecule has 1 atom stereocenters. The maximum atomic E-state index is 13.0. The Kier molecular flexibility index (Phi) is 3.62. The van der Waals surface area contributed by atoms with E-state index in [1.54, 1.807) is 0 Å². The van der Waals surface area contributed by atoms with Crippen LogP contribution < -0.4 is 10.1 Å². The van der Waals surface area contributed by atoms with Gasteiger partial charge in [-0.05, 0) is 25.1 Å². The maximum absolute atomic E-state index is 13.0. The predicted octanol–water partition coefficient (Wildman–Crippen LogP) is 3.77. The monoisotopic (exact) mass is 299 g/mol. The number of methoxy groups -OCH3 is 1. The number of benzene rings is 1. The molecule has 1 aliphatic heterocycles. The summed E-state index contributed by atoms with van der Waals surface area (Å²) < 4.78 is 81.7. The molecule has 20 heavy (non-hydrogen) atoms. The van der Waals surface area contributed by atoms with E-state index in [1.807, 2.05) is 0 Å². The lowest BCUT2D eigenvalue weighted by Crippen LogP contribution is -2.36. The van der Waals surface area contributed by atoms with Crippen LogP contribution in [0.15, 0.2) is 12.1 Å². The van der Waals surface area contributed by atoms with Crippen molar-refractivity contribution in [2.75, 3.05) is 13.7 Å². The van der Waals surface area contributed by atoms with E-state index in [4.69, 9.17) is 4.74 Å². The fourth-order valence-corrected chi connectivity index (χ4v) is 2.09. The molecule has 0 spiro atoms. The summed E-state index contributed by atoms with van der Waals surface area (Å²) in [5.74, 6) is -0.399. The van der Waals surface area contributed by atoms with Crippen LogP contribution in [0.2, 0.25) is 0 Å². The van der Waals surface area contributed by atoms with Crippen molar-refractivity contribution in [3.05, 3.63) is 28.8 Å². The van der Waals surface area contributed by atoms with Gasteiger partial charge in [-0.15, -0.1) is 0 Å². The minimum Gasteiger partial charge on any atom is -0.496 e. The second kappa shape index (κ2) is 4.83. The van der Waals surface area contributed by atoms with Gasteiger partial charge in [0.2, 0.25) is 0 Å². The summed E-state index contributed by atoms with van der Waals surface area (Å²) in [6, 6.07) is 0.103. The molecule has 1 N–H and O–H groups in total. The molecule has 1 fully saturated rings. The second-order valence-corrected chi connectivity index (χ2v) is 4.43. The fourth-order valence-electron chi connectivity index (χ4n) is 2.09. The van der Waals surface area contributed by atoms with Crippen molar-refractivity contribution in [3.8, 4) is 5.75 Å². The van der Waals surface area contributed by atoms with Gasteiger partial charge in [-0.3, -0.25) is 0 Å². The van der Waals surface area contributed by atoms with Crippen LogP contribution in [-0.2, 0) is 12.4 Å². The van der Waals surface area contributed by atoms with Crippen LogP contribution in [0, 0.1) is 0 Å². The average molecular weight is 299 g/mol. The lowest BCUT2D eigenvalue weighted by molar-refractivity contribution is -0.143. The number of ether oxygens (including phenoxy) is 1. The van der Waals surface area contributed by atoms with Gasteiger partial charge in [-0.25, -0.2) is 0 Å².